The minimum absolute atomic E-state index is 0.161. The number of hydrogen-bond donors (Lipinski definition) is 1. The molecule has 1 amide bonds. The second-order valence-corrected chi connectivity index (χ2v) is 5.76. The van der Waals surface area contributed by atoms with Gasteiger partial charge >= 0.3 is 0 Å². The van der Waals surface area contributed by atoms with Crippen molar-refractivity contribution in [2.75, 3.05) is 26.6 Å². The van der Waals surface area contributed by atoms with E-state index >= 15 is 0 Å². The lowest BCUT2D eigenvalue weighted by Gasteiger charge is -2.15. The summed E-state index contributed by atoms with van der Waals surface area (Å²) >= 11 is 0. The maximum atomic E-state index is 12.5. The molecule has 9 heteroatoms. The highest BCUT2D eigenvalue weighted by Crippen LogP contribution is 2.40. The van der Waals surface area contributed by atoms with Crippen LogP contribution in [0.1, 0.15) is 12.0 Å². The highest BCUT2D eigenvalue weighted by atomic mass is 16.5. The average molecular weight is 383 g/mol. The van der Waals surface area contributed by atoms with Crippen LogP contribution in [0.3, 0.4) is 0 Å². The van der Waals surface area contributed by atoms with E-state index in [1.807, 2.05) is 6.07 Å². The van der Waals surface area contributed by atoms with Crippen LogP contribution in [-0.2, 0) is 11.2 Å². The van der Waals surface area contributed by atoms with E-state index < -0.39 is 0 Å². The number of carbonyl (C=O) groups excluding carboxylic acids is 1. The van der Waals surface area contributed by atoms with Crippen molar-refractivity contribution in [1.29, 1.82) is 0 Å². The molecular weight excluding hydrogens is 362 g/mol. The number of nitrogens with zero attached hydrogens (tertiary/aromatic N) is 4. The monoisotopic (exact) mass is 383 g/mol. The third-order valence-electron chi connectivity index (χ3n) is 4.10. The molecule has 2 aromatic heterocycles. The van der Waals surface area contributed by atoms with Gasteiger partial charge in [-0.15, -0.1) is 0 Å². The number of aryl methyl sites for hydroxylation is 1. The highest BCUT2D eigenvalue weighted by molar-refractivity contribution is 5.92. The number of rotatable bonds is 8. The quantitative estimate of drug-likeness (QED) is 0.637. The second kappa shape index (κ2) is 8.85. The topological polar surface area (TPSA) is 100 Å². The van der Waals surface area contributed by atoms with Gasteiger partial charge in [-0.2, -0.15) is 5.10 Å². The smallest absolute Gasteiger partial charge is 0.224 e. The maximum Gasteiger partial charge on any atom is 0.224 e. The number of pyridine rings is 1. The van der Waals surface area contributed by atoms with Crippen molar-refractivity contribution >= 4 is 11.6 Å². The van der Waals surface area contributed by atoms with Gasteiger partial charge in [0, 0.05) is 12.6 Å². The van der Waals surface area contributed by atoms with Crippen LogP contribution in [-0.4, -0.2) is 47.0 Å². The third kappa shape index (κ3) is 4.03. The number of benzene rings is 1. The molecule has 1 aromatic carbocycles. The summed E-state index contributed by atoms with van der Waals surface area (Å²) < 4.78 is 17.6. The zero-order valence-corrected chi connectivity index (χ0v) is 15.9. The number of amides is 1. The Kier molecular flexibility index (Phi) is 6.05. The summed E-state index contributed by atoms with van der Waals surface area (Å²) in [7, 11) is 4.66. The van der Waals surface area contributed by atoms with Gasteiger partial charge < -0.3 is 19.5 Å². The van der Waals surface area contributed by atoms with Gasteiger partial charge in [0.2, 0.25) is 11.7 Å². The average Bonchev–Trinajstić information content (AvgIpc) is 3.26. The van der Waals surface area contributed by atoms with E-state index in [2.05, 4.69) is 20.4 Å². The molecule has 0 fully saturated rings. The Morgan fingerprint density at radius 3 is 2.61 bits per heavy atom. The van der Waals surface area contributed by atoms with Gasteiger partial charge in [-0.25, -0.2) is 14.6 Å². The van der Waals surface area contributed by atoms with Gasteiger partial charge in [0.1, 0.15) is 12.7 Å². The lowest BCUT2D eigenvalue weighted by Crippen LogP contribution is -2.15. The summed E-state index contributed by atoms with van der Waals surface area (Å²) in [6.07, 6.45) is 5.27. The van der Waals surface area contributed by atoms with Crippen LogP contribution in [0.2, 0.25) is 0 Å². The lowest BCUT2D eigenvalue weighted by molar-refractivity contribution is -0.116. The summed E-state index contributed by atoms with van der Waals surface area (Å²) in [5.74, 6) is 1.96. The second-order valence-electron chi connectivity index (χ2n) is 5.76. The molecule has 0 saturated carbocycles. The van der Waals surface area contributed by atoms with Crippen molar-refractivity contribution in [3.05, 3.63) is 48.7 Å². The van der Waals surface area contributed by atoms with Crippen LogP contribution in [0.5, 0.6) is 17.2 Å². The predicted molar refractivity (Wildman–Crippen MR) is 102 cm³/mol. The minimum Gasteiger partial charge on any atom is -0.493 e. The minimum atomic E-state index is -0.161. The summed E-state index contributed by atoms with van der Waals surface area (Å²) in [5.41, 5.74) is 1.40. The first-order valence-electron chi connectivity index (χ1n) is 8.55. The molecule has 0 atom stereocenters. The summed E-state index contributed by atoms with van der Waals surface area (Å²) in [6.45, 7) is 0. The van der Waals surface area contributed by atoms with E-state index in [0.29, 0.717) is 35.2 Å². The molecule has 3 rings (SSSR count). The van der Waals surface area contributed by atoms with Gasteiger partial charge in [0.15, 0.2) is 17.3 Å². The number of nitrogens with one attached hydrogen (secondary N) is 1. The van der Waals surface area contributed by atoms with Crippen molar-refractivity contribution in [1.82, 2.24) is 19.7 Å². The Hall–Kier alpha value is -3.62. The number of anilines is 1. The molecule has 0 aliphatic carbocycles. The van der Waals surface area contributed by atoms with Crippen molar-refractivity contribution in [2.45, 2.75) is 12.8 Å². The fourth-order valence-corrected chi connectivity index (χ4v) is 2.82. The van der Waals surface area contributed by atoms with Gasteiger partial charge in [0.05, 0.1) is 27.0 Å². The summed E-state index contributed by atoms with van der Waals surface area (Å²) in [5, 5.41) is 6.93. The first-order valence-corrected chi connectivity index (χ1v) is 8.55. The molecule has 0 aliphatic rings. The Labute approximate surface area is 162 Å². The van der Waals surface area contributed by atoms with Gasteiger partial charge in [-0.3, -0.25) is 4.79 Å². The Bertz CT molecular complexity index is 944. The van der Waals surface area contributed by atoms with Crippen LogP contribution in [0.15, 0.2) is 43.1 Å². The number of methoxy groups -OCH3 is 3. The van der Waals surface area contributed by atoms with Crippen LogP contribution in [0.25, 0.3) is 5.82 Å². The molecular formula is C19H21N5O4. The van der Waals surface area contributed by atoms with E-state index in [4.69, 9.17) is 14.2 Å². The normalized spacial score (nSPS) is 10.4. The largest absolute Gasteiger partial charge is 0.493 e. The summed E-state index contributed by atoms with van der Waals surface area (Å²) in [6, 6.07) is 7.16. The van der Waals surface area contributed by atoms with Crippen molar-refractivity contribution in [3.63, 3.8) is 0 Å². The van der Waals surface area contributed by atoms with Crippen LogP contribution >= 0.6 is 0 Å². The lowest BCUT2D eigenvalue weighted by atomic mass is 10.1. The number of carbonyl (C=O) groups is 1. The van der Waals surface area contributed by atoms with E-state index in [1.54, 1.807) is 45.7 Å². The Morgan fingerprint density at radius 2 is 1.93 bits per heavy atom. The molecule has 0 aliphatic heterocycles. The Morgan fingerprint density at radius 1 is 1.11 bits per heavy atom. The van der Waals surface area contributed by atoms with E-state index in [0.717, 1.165) is 5.56 Å². The standard InChI is InChI=1S/C19H21N5O4/c1-26-15-8-6-13(17(27-2)18(15)28-3)7-9-16(25)23-14-5-4-10-21-19(14)24-12-20-11-22-24/h4-6,8,10-12H,7,9H2,1-3H3,(H,23,25). The maximum absolute atomic E-state index is 12.5. The van der Waals surface area contributed by atoms with Crippen LogP contribution < -0.4 is 19.5 Å². The number of ether oxygens (including phenoxy) is 3. The molecule has 0 saturated heterocycles. The zero-order chi connectivity index (χ0) is 19.9. The van der Waals surface area contributed by atoms with Crippen molar-refractivity contribution < 1.29 is 19.0 Å². The third-order valence-corrected chi connectivity index (χ3v) is 4.10. The molecule has 2 heterocycles. The van der Waals surface area contributed by atoms with E-state index in [9.17, 15) is 4.79 Å². The van der Waals surface area contributed by atoms with Crippen molar-refractivity contribution in [2.24, 2.45) is 0 Å². The molecule has 0 unspecified atom stereocenters. The molecule has 0 bridgehead atoms. The fraction of sp³-hybridized carbons (Fsp3) is 0.263. The predicted octanol–water partition coefficient (Wildman–Crippen LogP) is 2.26. The fourth-order valence-electron chi connectivity index (χ4n) is 2.82. The highest BCUT2D eigenvalue weighted by Gasteiger charge is 2.17. The summed E-state index contributed by atoms with van der Waals surface area (Å²) in [4.78, 5) is 20.7. The molecule has 9 nitrogen and oxygen atoms in total. The zero-order valence-electron chi connectivity index (χ0n) is 15.9. The van der Waals surface area contributed by atoms with E-state index in [-0.39, 0.29) is 12.3 Å². The molecule has 3 aromatic rings. The molecule has 1 N–H and O–H groups in total. The Balaban J connectivity index is 1.72. The molecule has 146 valence electrons. The van der Waals surface area contributed by atoms with Crippen LogP contribution in [0, 0.1) is 0 Å². The van der Waals surface area contributed by atoms with Crippen molar-refractivity contribution in [3.8, 4) is 23.1 Å². The van der Waals surface area contributed by atoms with Gasteiger partial charge in [0.25, 0.3) is 0 Å². The molecule has 28 heavy (non-hydrogen) atoms. The SMILES string of the molecule is COc1ccc(CCC(=O)Nc2cccnc2-n2cncn2)c(OC)c1OC. The first-order chi connectivity index (χ1) is 13.7. The van der Waals surface area contributed by atoms with Crippen LogP contribution in [0.4, 0.5) is 5.69 Å². The number of hydrogen-bond acceptors (Lipinski definition) is 7. The molecule has 0 spiro atoms. The first kappa shape index (κ1) is 19.2. The van der Waals surface area contributed by atoms with E-state index in [1.165, 1.54) is 17.3 Å². The van der Waals surface area contributed by atoms with Gasteiger partial charge in [-0.1, -0.05) is 6.07 Å². The van der Waals surface area contributed by atoms with Gasteiger partial charge in [-0.05, 0) is 30.2 Å². The number of aromatic nitrogens is 4. The molecule has 0 radical (unpaired) electrons.